The van der Waals surface area contributed by atoms with Crippen LogP contribution in [0.4, 0.5) is 0 Å². The molecule has 1 aliphatic heterocycles. The van der Waals surface area contributed by atoms with Crippen molar-refractivity contribution < 1.29 is 14.6 Å². The van der Waals surface area contributed by atoms with Gasteiger partial charge in [0.2, 0.25) is 0 Å². The number of carboxylic acids is 1. The lowest BCUT2D eigenvalue weighted by molar-refractivity contribution is 0.0694. The van der Waals surface area contributed by atoms with Crippen molar-refractivity contribution in [3.63, 3.8) is 0 Å². The third-order valence-corrected chi connectivity index (χ3v) is 4.64. The molecule has 5 nitrogen and oxygen atoms in total. The van der Waals surface area contributed by atoms with Crippen LogP contribution in [-0.4, -0.2) is 22.2 Å². The Bertz CT molecular complexity index is 867. The standard InChI is InChI=1S/C20H23NO4/c1-3-5-6-14-9-13-7-8-21-12-16(20(23)24)18(22)11-17(21)15(13)10-19(14)25-4-2/h9-12H,3-8H2,1-2H3,(H,23,24). The maximum absolute atomic E-state index is 12.1. The molecule has 0 aliphatic carbocycles. The highest BCUT2D eigenvalue weighted by Crippen LogP contribution is 2.35. The topological polar surface area (TPSA) is 68.5 Å². The third-order valence-electron chi connectivity index (χ3n) is 4.64. The van der Waals surface area contributed by atoms with Crippen molar-refractivity contribution in [2.75, 3.05) is 6.61 Å². The van der Waals surface area contributed by atoms with Crippen molar-refractivity contribution in [1.82, 2.24) is 4.57 Å². The van der Waals surface area contributed by atoms with Crippen LogP contribution in [0.5, 0.6) is 5.75 Å². The summed E-state index contributed by atoms with van der Waals surface area (Å²) in [4.78, 5) is 23.3. The van der Waals surface area contributed by atoms with E-state index in [2.05, 4.69) is 13.0 Å². The fourth-order valence-electron chi connectivity index (χ4n) is 3.37. The Hall–Kier alpha value is -2.56. The molecule has 1 N–H and O–H groups in total. The van der Waals surface area contributed by atoms with Gasteiger partial charge in [0.25, 0.3) is 0 Å². The molecule has 2 heterocycles. The molecular weight excluding hydrogens is 318 g/mol. The highest BCUT2D eigenvalue weighted by atomic mass is 16.5. The van der Waals surface area contributed by atoms with E-state index in [0.717, 1.165) is 42.7 Å². The number of carboxylic acid groups (broad SMARTS) is 1. The number of aromatic carboxylic acids is 1. The molecule has 0 saturated heterocycles. The molecule has 25 heavy (non-hydrogen) atoms. The molecule has 0 saturated carbocycles. The van der Waals surface area contributed by atoms with Crippen LogP contribution in [0.15, 0.2) is 29.2 Å². The van der Waals surface area contributed by atoms with Crippen molar-refractivity contribution in [2.45, 2.75) is 46.1 Å². The summed E-state index contributed by atoms with van der Waals surface area (Å²) in [5, 5.41) is 9.16. The summed E-state index contributed by atoms with van der Waals surface area (Å²) in [5.41, 5.74) is 3.48. The number of rotatable bonds is 6. The lowest BCUT2D eigenvalue weighted by atomic mass is 9.92. The Morgan fingerprint density at radius 1 is 1.28 bits per heavy atom. The zero-order chi connectivity index (χ0) is 18.0. The molecule has 0 unspecified atom stereocenters. The Balaban J connectivity index is 2.12. The summed E-state index contributed by atoms with van der Waals surface area (Å²) < 4.78 is 7.68. The molecule has 0 radical (unpaired) electrons. The molecule has 3 rings (SSSR count). The van der Waals surface area contributed by atoms with Crippen LogP contribution >= 0.6 is 0 Å². The number of aryl methyl sites for hydroxylation is 3. The minimum atomic E-state index is -1.18. The van der Waals surface area contributed by atoms with Gasteiger partial charge in [-0.05, 0) is 43.4 Å². The summed E-state index contributed by atoms with van der Waals surface area (Å²) in [6, 6.07) is 5.63. The van der Waals surface area contributed by atoms with Gasteiger partial charge in [0.05, 0.1) is 12.3 Å². The second kappa shape index (κ2) is 7.13. The zero-order valence-corrected chi connectivity index (χ0v) is 14.7. The minimum Gasteiger partial charge on any atom is -0.494 e. The van der Waals surface area contributed by atoms with Gasteiger partial charge < -0.3 is 14.4 Å². The molecule has 0 spiro atoms. The monoisotopic (exact) mass is 341 g/mol. The second-order valence-corrected chi connectivity index (χ2v) is 6.34. The van der Waals surface area contributed by atoms with Gasteiger partial charge in [0, 0.05) is 24.4 Å². The van der Waals surface area contributed by atoms with Gasteiger partial charge in [-0.15, -0.1) is 0 Å². The number of unbranched alkanes of at least 4 members (excludes halogenated alkanes) is 1. The fraction of sp³-hybridized carbons (Fsp3) is 0.400. The number of hydrogen-bond donors (Lipinski definition) is 1. The number of benzene rings is 1. The first-order valence-electron chi connectivity index (χ1n) is 8.81. The number of ether oxygens (including phenoxy) is 1. The first kappa shape index (κ1) is 17.3. The molecular formula is C20H23NO4. The van der Waals surface area contributed by atoms with E-state index in [0.29, 0.717) is 13.2 Å². The number of fused-ring (bicyclic) bond motifs is 3. The average molecular weight is 341 g/mol. The van der Waals surface area contributed by atoms with Gasteiger partial charge in [0.15, 0.2) is 5.43 Å². The molecule has 132 valence electrons. The minimum absolute atomic E-state index is 0.184. The molecule has 1 aromatic heterocycles. The largest absolute Gasteiger partial charge is 0.494 e. The average Bonchev–Trinajstić information content (AvgIpc) is 2.59. The Kier molecular flexibility index (Phi) is 4.93. The molecule has 2 aromatic rings. The first-order chi connectivity index (χ1) is 12.0. The predicted octanol–water partition coefficient (Wildman–Crippen LogP) is 3.51. The van der Waals surface area contributed by atoms with Crippen molar-refractivity contribution in [3.05, 3.63) is 51.3 Å². The van der Waals surface area contributed by atoms with Gasteiger partial charge in [-0.3, -0.25) is 4.79 Å². The molecule has 1 aromatic carbocycles. The maximum Gasteiger partial charge on any atom is 0.341 e. The van der Waals surface area contributed by atoms with Gasteiger partial charge in [0.1, 0.15) is 11.3 Å². The number of pyridine rings is 1. The number of hydrogen-bond acceptors (Lipinski definition) is 3. The number of aromatic nitrogens is 1. The predicted molar refractivity (Wildman–Crippen MR) is 96.6 cm³/mol. The summed E-state index contributed by atoms with van der Waals surface area (Å²) >= 11 is 0. The molecule has 5 heteroatoms. The molecule has 0 bridgehead atoms. The van der Waals surface area contributed by atoms with Crippen LogP contribution in [0.2, 0.25) is 0 Å². The Labute approximate surface area is 146 Å². The van der Waals surface area contributed by atoms with Crippen LogP contribution < -0.4 is 10.2 Å². The van der Waals surface area contributed by atoms with Gasteiger partial charge in [-0.2, -0.15) is 0 Å². The lowest BCUT2D eigenvalue weighted by Gasteiger charge is -2.24. The van der Waals surface area contributed by atoms with E-state index in [1.807, 2.05) is 17.6 Å². The summed E-state index contributed by atoms with van der Waals surface area (Å²) in [6.45, 7) is 5.38. The van der Waals surface area contributed by atoms with E-state index in [1.165, 1.54) is 23.4 Å². The normalized spacial score (nSPS) is 12.4. The maximum atomic E-state index is 12.1. The molecule has 0 fully saturated rings. The van der Waals surface area contributed by atoms with Crippen molar-refractivity contribution in [3.8, 4) is 17.0 Å². The van der Waals surface area contributed by atoms with Crippen LogP contribution in [0.1, 0.15) is 48.2 Å². The van der Waals surface area contributed by atoms with E-state index < -0.39 is 11.4 Å². The Morgan fingerprint density at radius 3 is 2.76 bits per heavy atom. The van der Waals surface area contributed by atoms with Crippen molar-refractivity contribution in [1.29, 1.82) is 0 Å². The van der Waals surface area contributed by atoms with Gasteiger partial charge in [-0.25, -0.2) is 4.79 Å². The van der Waals surface area contributed by atoms with E-state index >= 15 is 0 Å². The first-order valence-corrected chi connectivity index (χ1v) is 8.81. The smallest absolute Gasteiger partial charge is 0.341 e. The fourth-order valence-corrected chi connectivity index (χ4v) is 3.37. The van der Waals surface area contributed by atoms with Gasteiger partial charge in [-0.1, -0.05) is 19.4 Å². The van der Waals surface area contributed by atoms with E-state index in [9.17, 15) is 9.59 Å². The lowest BCUT2D eigenvalue weighted by Crippen LogP contribution is -2.22. The highest BCUT2D eigenvalue weighted by molar-refractivity contribution is 5.87. The molecule has 0 atom stereocenters. The molecule has 0 amide bonds. The SMILES string of the molecule is CCCCc1cc2c(cc1OCC)-c1cc(=O)c(C(=O)O)cn1CC2. The van der Waals surface area contributed by atoms with E-state index in [4.69, 9.17) is 9.84 Å². The van der Waals surface area contributed by atoms with Crippen LogP contribution in [0.25, 0.3) is 11.3 Å². The third kappa shape index (κ3) is 3.31. The van der Waals surface area contributed by atoms with Crippen molar-refractivity contribution in [2.24, 2.45) is 0 Å². The summed E-state index contributed by atoms with van der Waals surface area (Å²) in [6.07, 6.45) is 5.48. The zero-order valence-electron chi connectivity index (χ0n) is 14.7. The summed E-state index contributed by atoms with van der Waals surface area (Å²) in [7, 11) is 0. The number of carbonyl (C=O) groups is 1. The Morgan fingerprint density at radius 2 is 2.08 bits per heavy atom. The van der Waals surface area contributed by atoms with Crippen molar-refractivity contribution >= 4 is 5.97 Å². The second-order valence-electron chi connectivity index (χ2n) is 6.34. The number of nitrogens with zero attached hydrogens (tertiary/aromatic N) is 1. The van der Waals surface area contributed by atoms with Crippen LogP contribution in [0.3, 0.4) is 0 Å². The van der Waals surface area contributed by atoms with E-state index in [-0.39, 0.29) is 5.56 Å². The van der Waals surface area contributed by atoms with Crippen LogP contribution in [0, 0.1) is 0 Å². The highest BCUT2D eigenvalue weighted by Gasteiger charge is 2.21. The van der Waals surface area contributed by atoms with Crippen LogP contribution in [-0.2, 0) is 19.4 Å². The molecule has 1 aliphatic rings. The quantitative estimate of drug-likeness (QED) is 0.873. The summed E-state index contributed by atoms with van der Waals surface area (Å²) in [5.74, 6) is -0.325. The van der Waals surface area contributed by atoms with E-state index in [1.54, 1.807) is 0 Å². The van der Waals surface area contributed by atoms with Gasteiger partial charge >= 0.3 is 5.97 Å².